The quantitative estimate of drug-likeness (QED) is 0.658. The normalized spacial score (nSPS) is 10.5. The highest BCUT2D eigenvalue weighted by Crippen LogP contribution is 2.18. The van der Waals surface area contributed by atoms with Gasteiger partial charge in [-0.2, -0.15) is 10.4 Å². The van der Waals surface area contributed by atoms with Crippen LogP contribution >= 0.6 is 11.6 Å². The second-order valence-electron chi connectivity index (χ2n) is 6.40. The van der Waals surface area contributed by atoms with E-state index in [-0.39, 0.29) is 5.91 Å². The highest BCUT2D eigenvalue weighted by atomic mass is 35.5. The lowest BCUT2D eigenvalue weighted by molar-refractivity contribution is -0.130. The minimum absolute atomic E-state index is 0.0632. The van der Waals surface area contributed by atoms with E-state index in [1.165, 1.54) is 0 Å². The van der Waals surface area contributed by atoms with E-state index in [0.717, 1.165) is 17.0 Å². The Morgan fingerprint density at radius 3 is 2.89 bits per heavy atom. The topological polar surface area (TPSA) is 71.2 Å². The summed E-state index contributed by atoms with van der Waals surface area (Å²) in [5, 5.41) is 13.8. The molecular formula is C20H25ClN4O2. The number of likely N-dealkylation sites (N-methyl/N-ethyl adjacent to an activating group) is 1. The Hall–Kier alpha value is -2.52. The first-order chi connectivity index (χ1) is 12.9. The van der Waals surface area contributed by atoms with Gasteiger partial charge in [0.2, 0.25) is 5.91 Å². The van der Waals surface area contributed by atoms with Gasteiger partial charge in [0, 0.05) is 24.2 Å². The molecule has 1 aromatic heterocycles. The number of nitrogens with zero attached hydrogens (tertiary/aromatic N) is 4. The summed E-state index contributed by atoms with van der Waals surface area (Å²) in [6.07, 6.45) is 1.48. The van der Waals surface area contributed by atoms with Crippen molar-refractivity contribution in [2.75, 3.05) is 20.2 Å². The highest BCUT2D eigenvalue weighted by Gasteiger charge is 2.15. The third-order valence-electron chi connectivity index (χ3n) is 4.47. The summed E-state index contributed by atoms with van der Waals surface area (Å²) in [7, 11) is 1.78. The van der Waals surface area contributed by atoms with E-state index in [2.05, 4.69) is 11.2 Å². The van der Waals surface area contributed by atoms with Crippen LogP contribution in [0.2, 0.25) is 5.02 Å². The monoisotopic (exact) mass is 388 g/mol. The molecule has 0 spiro atoms. The number of halogens is 1. The molecule has 0 N–H and O–H groups in total. The van der Waals surface area contributed by atoms with Gasteiger partial charge in [0.1, 0.15) is 12.4 Å². The average Bonchev–Trinajstić information content (AvgIpc) is 2.91. The molecule has 0 saturated heterocycles. The van der Waals surface area contributed by atoms with E-state index in [4.69, 9.17) is 21.6 Å². The molecule has 0 radical (unpaired) electrons. The number of hydrogen-bond acceptors (Lipinski definition) is 4. The average molecular weight is 389 g/mol. The van der Waals surface area contributed by atoms with Crippen molar-refractivity contribution in [2.45, 2.75) is 39.7 Å². The van der Waals surface area contributed by atoms with Crippen LogP contribution in [-0.2, 0) is 17.8 Å². The van der Waals surface area contributed by atoms with Gasteiger partial charge in [-0.15, -0.1) is 0 Å². The van der Waals surface area contributed by atoms with Crippen LogP contribution in [-0.4, -0.2) is 40.8 Å². The molecule has 0 fully saturated rings. The summed E-state index contributed by atoms with van der Waals surface area (Å²) in [5.41, 5.74) is 3.04. The maximum atomic E-state index is 12.4. The fraction of sp³-hybridized carbons (Fsp3) is 0.450. The molecule has 7 heteroatoms. The largest absolute Gasteiger partial charge is 0.492 e. The molecule has 0 atom stereocenters. The zero-order valence-corrected chi connectivity index (χ0v) is 16.8. The van der Waals surface area contributed by atoms with E-state index in [0.29, 0.717) is 49.7 Å². The predicted octanol–water partition coefficient (Wildman–Crippen LogP) is 3.54. The van der Waals surface area contributed by atoms with Crippen LogP contribution in [0.3, 0.4) is 0 Å². The minimum Gasteiger partial charge on any atom is -0.492 e. The van der Waals surface area contributed by atoms with E-state index < -0.39 is 0 Å². The Labute approximate surface area is 165 Å². The summed E-state index contributed by atoms with van der Waals surface area (Å²) in [4.78, 5) is 14.1. The SMILES string of the molecule is Cc1nn(CCC#N)c(C)c1CCC(=O)N(C)CCOc1cccc(Cl)c1. The van der Waals surface area contributed by atoms with Gasteiger partial charge in [0.05, 0.1) is 31.3 Å². The molecule has 0 bridgehead atoms. The molecule has 0 unspecified atom stereocenters. The summed E-state index contributed by atoms with van der Waals surface area (Å²) in [6.45, 7) is 5.42. The smallest absolute Gasteiger partial charge is 0.222 e. The summed E-state index contributed by atoms with van der Waals surface area (Å²) in [5.74, 6) is 0.757. The van der Waals surface area contributed by atoms with E-state index >= 15 is 0 Å². The molecule has 144 valence electrons. The molecule has 1 amide bonds. The summed E-state index contributed by atoms with van der Waals surface area (Å²) in [6, 6.07) is 9.33. The molecular weight excluding hydrogens is 364 g/mol. The highest BCUT2D eigenvalue weighted by molar-refractivity contribution is 6.30. The lowest BCUT2D eigenvalue weighted by Crippen LogP contribution is -2.31. The molecule has 0 aliphatic heterocycles. The lowest BCUT2D eigenvalue weighted by atomic mass is 10.1. The van der Waals surface area contributed by atoms with Crippen molar-refractivity contribution in [3.63, 3.8) is 0 Å². The van der Waals surface area contributed by atoms with Gasteiger partial charge in [-0.05, 0) is 44.0 Å². The van der Waals surface area contributed by atoms with Gasteiger partial charge in [-0.25, -0.2) is 0 Å². The van der Waals surface area contributed by atoms with E-state index in [1.807, 2.05) is 30.7 Å². The van der Waals surface area contributed by atoms with Crippen molar-refractivity contribution in [2.24, 2.45) is 0 Å². The Balaban J connectivity index is 1.81. The van der Waals surface area contributed by atoms with Crippen molar-refractivity contribution >= 4 is 17.5 Å². The van der Waals surface area contributed by atoms with Gasteiger partial charge < -0.3 is 9.64 Å². The molecule has 2 rings (SSSR count). The number of hydrogen-bond donors (Lipinski definition) is 0. The fourth-order valence-corrected chi connectivity index (χ4v) is 3.05. The van der Waals surface area contributed by atoms with Gasteiger partial charge in [0.25, 0.3) is 0 Å². The molecule has 6 nitrogen and oxygen atoms in total. The third-order valence-corrected chi connectivity index (χ3v) is 4.71. The molecule has 0 saturated carbocycles. The van der Waals surface area contributed by atoms with Crippen LogP contribution in [0.4, 0.5) is 0 Å². The van der Waals surface area contributed by atoms with Crippen LogP contribution in [0.5, 0.6) is 5.75 Å². The lowest BCUT2D eigenvalue weighted by Gasteiger charge is -2.17. The van der Waals surface area contributed by atoms with E-state index in [1.54, 1.807) is 24.1 Å². The maximum Gasteiger partial charge on any atom is 0.222 e. The number of carbonyl (C=O) groups excluding carboxylic acids is 1. The predicted molar refractivity (Wildman–Crippen MR) is 105 cm³/mol. The third kappa shape index (κ3) is 6.00. The molecule has 27 heavy (non-hydrogen) atoms. The van der Waals surface area contributed by atoms with Crippen LogP contribution in [0, 0.1) is 25.2 Å². The second-order valence-corrected chi connectivity index (χ2v) is 6.84. The molecule has 1 heterocycles. The number of aromatic nitrogens is 2. The first-order valence-corrected chi connectivity index (χ1v) is 9.32. The molecule has 0 aliphatic carbocycles. The number of nitriles is 1. The minimum atomic E-state index is 0.0632. The van der Waals surface area contributed by atoms with Crippen molar-refractivity contribution in [3.8, 4) is 11.8 Å². The Kier molecular flexibility index (Phi) is 7.68. The number of rotatable bonds is 9. The first kappa shape index (κ1) is 20.8. The van der Waals surface area contributed by atoms with Gasteiger partial charge in [-0.1, -0.05) is 17.7 Å². The molecule has 0 aliphatic rings. The zero-order chi connectivity index (χ0) is 19.8. The molecule has 1 aromatic carbocycles. The van der Waals surface area contributed by atoms with Crippen molar-refractivity contribution in [1.29, 1.82) is 5.26 Å². The van der Waals surface area contributed by atoms with Crippen LogP contribution < -0.4 is 4.74 Å². The Morgan fingerprint density at radius 2 is 2.19 bits per heavy atom. The van der Waals surface area contributed by atoms with Gasteiger partial charge in [-0.3, -0.25) is 9.48 Å². The van der Waals surface area contributed by atoms with Crippen molar-refractivity contribution in [1.82, 2.24) is 14.7 Å². The second kappa shape index (κ2) is 9.98. The van der Waals surface area contributed by atoms with Crippen molar-refractivity contribution < 1.29 is 9.53 Å². The number of ether oxygens (including phenoxy) is 1. The van der Waals surface area contributed by atoms with Crippen LogP contribution in [0.1, 0.15) is 29.8 Å². The summed E-state index contributed by atoms with van der Waals surface area (Å²) >= 11 is 5.92. The zero-order valence-electron chi connectivity index (χ0n) is 16.0. The first-order valence-electron chi connectivity index (χ1n) is 8.94. The number of amides is 1. The van der Waals surface area contributed by atoms with Gasteiger partial charge >= 0.3 is 0 Å². The van der Waals surface area contributed by atoms with Gasteiger partial charge in [0.15, 0.2) is 0 Å². The number of carbonyl (C=O) groups is 1. The number of aryl methyl sites for hydroxylation is 2. The van der Waals surface area contributed by atoms with E-state index in [9.17, 15) is 4.79 Å². The van der Waals surface area contributed by atoms with Crippen molar-refractivity contribution in [3.05, 3.63) is 46.2 Å². The Morgan fingerprint density at radius 1 is 1.41 bits per heavy atom. The standard InChI is InChI=1S/C20H25ClN4O2/c1-15-19(16(2)25(23-15)11-5-10-22)8-9-20(26)24(3)12-13-27-18-7-4-6-17(21)14-18/h4,6-7,14H,5,8-9,11-13H2,1-3H3. The number of benzene rings is 1. The molecule has 2 aromatic rings. The summed E-state index contributed by atoms with van der Waals surface area (Å²) < 4.78 is 7.48. The Bertz CT molecular complexity index is 826. The van der Waals surface area contributed by atoms with Crippen LogP contribution in [0.25, 0.3) is 0 Å². The fourth-order valence-electron chi connectivity index (χ4n) is 2.87. The van der Waals surface area contributed by atoms with Crippen LogP contribution in [0.15, 0.2) is 24.3 Å². The maximum absolute atomic E-state index is 12.4.